The summed E-state index contributed by atoms with van der Waals surface area (Å²) in [7, 11) is 0. The molecule has 0 radical (unpaired) electrons. The Morgan fingerprint density at radius 3 is 2.35 bits per heavy atom. The molecule has 6 heteroatoms. The first-order chi connectivity index (χ1) is 9.63. The maximum absolute atomic E-state index is 11.9. The van der Waals surface area contributed by atoms with E-state index in [0.29, 0.717) is 5.56 Å². The molecule has 0 aromatic carbocycles. The minimum absolute atomic E-state index is 0.0130. The van der Waals surface area contributed by atoms with E-state index in [2.05, 4.69) is 18.1 Å². The molecule has 1 heterocycles. The van der Waals surface area contributed by atoms with Crippen LogP contribution in [-0.2, 0) is 15.4 Å². The number of esters is 2. The van der Waals surface area contributed by atoms with Gasteiger partial charge in [-0.2, -0.15) is 0 Å². The zero-order valence-electron chi connectivity index (χ0n) is 10.8. The van der Waals surface area contributed by atoms with Gasteiger partial charge in [0.2, 0.25) is 0 Å². The van der Waals surface area contributed by atoms with Crippen LogP contribution in [0.2, 0.25) is 0 Å². The number of carbonyl (C=O) groups is 2. The molecule has 1 aromatic heterocycles. The van der Waals surface area contributed by atoms with Gasteiger partial charge in [-0.25, -0.2) is 14.6 Å². The summed E-state index contributed by atoms with van der Waals surface area (Å²) in [6.45, 7) is 6.93. The van der Waals surface area contributed by atoms with Gasteiger partial charge in [-0.05, 0) is 11.6 Å². The van der Waals surface area contributed by atoms with Crippen LogP contribution in [0.1, 0.15) is 26.4 Å². The average Bonchev–Trinajstić information content (AvgIpc) is 2.49. The fourth-order valence-corrected chi connectivity index (χ4v) is 1.46. The third kappa shape index (κ3) is 4.20. The zero-order chi connectivity index (χ0) is 15.0. The lowest BCUT2D eigenvalue weighted by Gasteiger charge is -2.08. The fraction of sp³-hybridized carbons (Fsp3) is 0.214. The number of hydrogen-bond acceptors (Lipinski definition) is 5. The van der Waals surface area contributed by atoms with Crippen molar-refractivity contribution >= 4 is 23.5 Å². The second kappa shape index (κ2) is 8.12. The molecule has 0 spiro atoms. The number of halogens is 1. The number of hydrogen-bond donors (Lipinski definition) is 0. The molecule has 0 saturated carbocycles. The predicted octanol–water partition coefficient (Wildman–Crippen LogP) is 2.51. The molecule has 0 aliphatic rings. The lowest BCUT2D eigenvalue weighted by Crippen LogP contribution is -2.16. The van der Waals surface area contributed by atoms with E-state index >= 15 is 0 Å². The lowest BCUT2D eigenvalue weighted by atomic mass is 10.1. The van der Waals surface area contributed by atoms with E-state index in [-0.39, 0.29) is 30.4 Å². The van der Waals surface area contributed by atoms with Crippen LogP contribution in [-0.4, -0.2) is 30.1 Å². The first-order valence-corrected chi connectivity index (χ1v) is 6.28. The molecule has 1 rings (SSSR count). The minimum Gasteiger partial charge on any atom is -0.458 e. The Morgan fingerprint density at radius 2 is 1.80 bits per heavy atom. The van der Waals surface area contributed by atoms with E-state index in [1.165, 1.54) is 24.4 Å². The SMILES string of the molecule is C=CCOC(=O)c1cc(CCl)cnc1C(=O)OCC=C. The van der Waals surface area contributed by atoms with Crippen LogP contribution in [0, 0.1) is 0 Å². The lowest BCUT2D eigenvalue weighted by molar-refractivity contribution is 0.0497. The average molecular weight is 296 g/mol. The third-order valence-electron chi connectivity index (χ3n) is 2.18. The standard InChI is InChI=1S/C14H14ClNO4/c1-3-5-19-13(17)11-7-10(8-15)9-16-12(11)14(18)20-6-4-2/h3-4,7,9H,1-2,5-6,8H2. The van der Waals surface area contributed by atoms with Gasteiger partial charge in [-0.1, -0.05) is 25.3 Å². The first-order valence-electron chi connectivity index (χ1n) is 5.75. The summed E-state index contributed by atoms with van der Waals surface area (Å²) in [5.74, 6) is -1.25. The highest BCUT2D eigenvalue weighted by Crippen LogP contribution is 2.14. The number of aromatic nitrogens is 1. The molecule has 20 heavy (non-hydrogen) atoms. The summed E-state index contributed by atoms with van der Waals surface area (Å²) < 4.78 is 9.77. The maximum Gasteiger partial charge on any atom is 0.358 e. The number of rotatable bonds is 7. The Hall–Kier alpha value is -2.14. The van der Waals surface area contributed by atoms with Gasteiger partial charge in [0.1, 0.15) is 13.2 Å². The van der Waals surface area contributed by atoms with Gasteiger partial charge in [-0.15, -0.1) is 11.6 Å². The van der Waals surface area contributed by atoms with Gasteiger partial charge in [0, 0.05) is 12.1 Å². The summed E-state index contributed by atoms with van der Waals surface area (Å²) in [5, 5.41) is 0. The molecular formula is C14H14ClNO4. The van der Waals surface area contributed by atoms with Crippen LogP contribution in [0.4, 0.5) is 0 Å². The van der Waals surface area contributed by atoms with E-state index in [4.69, 9.17) is 21.1 Å². The molecule has 0 amide bonds. The second-order valence-corrected chi connectivity index (χ2v) is 3.91. The van der Waals surface area contributed by atoms with Gasteiger partial charge in [-0.3, -0.25) is 0 Å². The minimum atomic E-state index is -0.725. The molecule has 5 nitrogen and oxygen atoms in total. The van der Waals surface area contributed by atoms with Crippen molar-refractivity contribution in [1.82, 2.24) is 4.98 Å². The highest BCUT2D eigenvalue weighted by atomic mass is 35.5. The van der Waals surface area contributed by atoms with E-state index in [9.17, 15) is 9.59 Å². The highest BCUT2D eigenvalue weighted by Gasteiger charge is 2.21. The van der Waals surface area contributed by atoms with E-state index in [1.54, 1.807) is 0 Å². The smallest absolute Gasteiger partial charge is 0.358 e. The summed E-state index contributed by atoms with van der Waals surface area (Å²) >= 11 is 5.69. The van der Waals surface area contributed by atoms with Gasteiger partial charge in [0.15, 0.2) is 5.69 Å². The largest absolute Gasteiger partial charge is 0.458 e. The highest BCUT2D eigenvalue weighted by molar-refractivity contribution is 6.17. The zero-order valence-corrected chi connectivity index (χ0v) is 11.6. The normalized spacial score (nSPS) is 9.65. The van der Waals surface area contributed by atoms with E-state index < -0.39 is 11.9 Å². The molecule has 0 atom stereocenters. The molecule has 106 valence electrons. The quantitative estimate of drug-likeness (QED) is 0.439. The van der Waals surface area contributed by atoms with Crippen molar-refractivity contribution < 1.29 is 19.1 Å². The van der Waals surface area contributed by atoms with Crippen molar-refractivity contribution in [2.45, 2.75) is 5.88 Å². The van der Waals surface area contributed by atoms with Crippen molar-refractivity contribution in [2.24, 2.45) is 0 Å². The number of carbonyl (C=O) groups excluding carboxylic acids is 2. The summed E-state index contributed by atoms with van der Waals surface area (Å²) in [5.41, 5.74) is 0.492. The van der Waals surface area contributed by atoms with Crippen LogP contribution >= 0.6 is 11.6 Å². The molecule has 0 N–H and O–H groups in total. The number of nitrogens with zero attached hydrogens (tertiary/aromatic N) is 1. The number of pyridine rings is 1. The van der Waals surface area contributed by atoms with Crippen molar-refractivity contribution in [3.8, 4) is 0 Å². The molecule has 0 unspecified atom stereocenters. The van der Waals surface area contributed by atoms with E-state index in [1.807, 2.05) is 0 Å². The molecule has 0 bridgehead atoms. The van der Waals surface area contributed by atoms with Crippen LogP contribution in [0.5, 0.6) is 0 Å². The fourth-order valence-electron chi connectivity index (χ4n) is 1.31. The van der Waals surface area contributed by atoms with Crippen LogP contribution in [0.25, 0.3) is 0 Å². The first kappa shape index (κ1) is 15.9. The van der Waals surface area contributed by atoms with Gasteiger partial charge in [0.25, 0.3) is 0 Å². The summed E-state index contributed by atoms with van der Waals surface area (Å²) in [4.78, 5) is 27.6. The van der Waals surface area contributed by atoms with Gasteiger partial charge in [0.05, 0.1) is 5.56 Å². The van der Waals surface area contributed by atoms with Crippen molar-refractivity contribution in [2.75, 3.05) is 13.2 Å². The summed E-state index contributed by atoms with van der Waals surface area (Å²) in [6.07, 6.45) is 4.25. The Kier molecular flexibility index (Phi) is 6.46. The maximum atomic E-state index is 11.9. The van der Waals surface area contributed by atoms with Crippen molar-refractivity contribution in [3.63, 3.8) is 0 Å². The Labute approximate surface area is 121 Å². The molecule has 0 saturated heterocycles. The molecular weight excluding hydrogens is 282 g/mol. The monoisotopic (exact) mass is 295 g/mol. The Bertz CT molecular complexity index is 528. The third-order valence-corrected chi connectivity index (χ3v) is 2.49. The van der Waals surface area contributed by atoms with Crippen LogP contribution in [0.3, 0.4) is 0 Å². The van der Waals surface area contributed by atoms with Crippen molar-refractivity contribution in [1.29, 1.82) is 0 Å². The van der Waals surface area contributed by atoms with Gasteiger partial charge >= 0.3 is 11.9 Å². The number of alkyl halides is 1. The Balaban J connectivity index is 3.08. The summed E-state index contributed by atoms with van der Waals surface area (Å²) in [6, 6.07) is 1.45. The van der Waals surface area contributed by atoms with Crippen molar-refractivity contribution in [3.05, 3.63) is 54.4 Å². The van der Waals surface area contributed by atoms with Crippen LogP contribution < -0.4 is 0 Å². The predicted molar refractivity (Wildman–Crippen MR) is 74.8 cm³/mol. The number of ether oxygens (including phenoxy) is 2. The van der Waals surface area contributed by atoms with E-state index in [0.717, 1.165) is 0 Å². The van der Waals surface area contributed by atoms with Gasteiger partial charge < -0.3 is 9.47 Å². The molecule has 0 fully saturated rings. The molecule has 0 aliphatic heterocycles. The Morgan fingerprint density at radius 1 is 1.20 bits per heavy atom. The van der Waals surface area contributed by atoms with Crippen LogP contribution in [0.15, 0.2) is 37.6 Å². The topological polar surface area (TPSA) is 65.5 Å². The second-order valence-electron chi connectivity index (χ2n) is 3.65. The molecule has 0 aliphatic carbocycles. The molecule has 1 aromatic rings.